The molecule has 1 unspecified atom stereocenters. The molecule has 49 heavy (non-hydrogen) atoms. The number of fused-ring (bicyclic) bond motifs is 8. The molecule has 2 aliphatic rings. The normalized spacial score (nSPS) is 12.5. The Labute approximate surface area is 291 Å². The molecule has 0 aromatic carbocycles. The Balaban J connectivity index is 0.000000220. The lowest BCUT2D eigenvalue weighted by molar-refractivity contribution is -0.147. The maximum absolute atomic E-state index is 11.4. The van der Waals surface area contributed by atoms with Crippen molar-refractivity contribution in [3.05, 3.63) is 71.3 Å². The predicted molar refractivity (Wildman–Crippen MR) is 202 cm³/mol. The molecule has 4 N–H and O–H groups in total. The maximum atomic E-state index is 11.4. The molecule has 8 heteroatoms. The highest BCUT2D eigenvalue weighted by Crippen LogP contribution is 2.18. The molecule has 264 valence electrons. The lowest BCUT2D eigenvalue weighted by Crippen LogP contribution is -2.21. The summed E-state index contributed by atoms with van der Waals surface area (Å²) >= 11 is 0. The Kier molecular flexibility index (Phi) is 16.9. The van der Waals surface area contributed by atoms with Crippen LogP contribution in [0.3, 0.4) is 0 Å². The molecule has 2 aliphatic heterocycles. The third-order valence-electron chi connectivity index (χ3n) is 8.67. The fourth-order valence-electron chi connectivity index (χ4n) is 5.90. The topological polar surface area (TPSA) is 124 Å². The second-order valence-corrected chi connectivity index (χ2v) is 13.1. The minimum Gasteiger partial charge on any atom is -0.463 e. The standard InChI is InChI=1S/C21H42O4.C20H14N4/c1-2-3-4-5-6-7-8-9-10-11-12-13-14-15-16-17-21(24)25-19-20(23)18-22;1-2-14-10-16-5-6-18(23-16)12-20-8-7-19(24-20)11-17-4-3-15(22-17)9-13(1)21-14/h20,22-23H,2-19H2,1H3;1-12,21-22H. The van der Waals surface area contributed by atoms with Gasteiger partial charge < -0.3 is 24.9 Å². The number of hydrogen-bond acceptors (Lipinski definition) is 6. The summed E-state index contributed by atoms with van der Waals surface area (Å²) in [7, 11) is 0. The highest BCUT2D eigenvalue weighted by Gasteiger charge is 2.07. The number of ether oxygens (including phenoxy) is 1. The number of hydrogen-bond donors (Lipinski definition) is 4. The van der Waals surface area contributed by atoms with E-state index in [1.807, 2.05) is 42.5 Å². The number of nitrogens with one attached hydrogen (secondary N) is 2. The van der Waals surface area contributed by atoms with Gasteiger partial charge in [-0.15, -0.1) is 0 Å². The summed E-state index contributed by atoms with van der Waals surface area (Å²) in [5.74, 6) is -0.276. The zero-order chi connectivity index (χ0) is 34.5. The number of rotatable bonds is 19. The zero-order valence-corrected chi connectivity index (χ0v) is 29.3. The summed E-state index contributed by atoms with van der Waals surface area (Å²) in [5, 5.41) is 17.7. The highest BCUT2D eigenvalue weighted by molar-refractivity contribution is 5.77. The quantitative estimate of drug-likeness (QED) is 0.0513. The van der Waals surface area contributed by atoms with Crippen molar-refractivity contribution in [2.75, 3.05) is 13.2 Å². The molecule has 1 atom stereocenters. The number of aromatic amines is 2. The Morgan fingerprint density at radius 1 is 0.612 bits per heavy atom. The summed E-state index contributed by atoms with van der Waals surface area (Å²) in [6, 6.07) is 16.4. The van der Waals surface area contributed by atoms with Gasteiger partial charge in [0.05, 0.1) is 29.4 Å². The molecule has 8 bridgehead atoms. The van der Waals surface area contributed by atoms with Crippen molar-refractivity contribution >= 4 is 52.3 Å². The average molecular weight is 669 g/mol. The largest absolute Gasteiger partial charge is 0.463 e. The van der Waals surface area contributed by atoms with E-state index < -0.39 is 6.10 Å². The van der Waals surface area contributed by atoms with E-state index in [0.717, 1.165) is 57.7 Å². The van der Waals surface area contributed by atoms with E-state index >= 15 is 0 Å². The van der Waals surface area contributed by atoms with Gasteiger partial charge in [0.2, 0.25) is 0 Å². The Morgan fingerprint density at radius 3 is 1.43 bits per heavy atom. The van der Waals surface area contributed by atoms with Crippen LogP contribution >= 0.6 is 0 Å². The van der Waals surface area contributed by atoms with E-state index in [1.165, 1.54) is 83.5 Å². The molecule has 0 saturated carbocycles. The Bertz CT molecular complexity index is 1550. The van der Waals surface area contributed by atoms with Crippen LogP contribution in [0.2, 0.25) is 0 Å². The molecule has 0 aliphatic carbocycles. The zero-order valence-electron chi connectivity index (χ0n) is 29.3. The van der Waals surface area contributed by atoms with Gasteiger partial charge in [0.25, 0.3) is 0 Å². The number of aliphatic hydroxyl groups is 2. The molecular formula is C41H56N4O4. The van der Waals surface area contributed by atoms with Crippen LogP contribution in [-0.4, -0.2) is 55.4 Å². The summed E-state index contributed by atoms with van der Waals surface area (Å²) < 4.78 is 4.86. The third kappa shape index (κ3) is 15.0. The van der Waals surface area contributed by atoms with Crippen LogP contribution in [0.25, 0.3) is 46.4 Å². The number of carbonyl (C=O) groups is 1. The molecule has 8 nitrogen and oxygen atoms in total. The molecule has 0 fully saturated rings. The molecule has 0 spiro atoms. The highest BCUT2D eigenvalue weighted by atomic mass is 16.5. The lowest BCUT2D eigenvalue weighted by Gasteiger charge is -2.08. The van der Waals surface area contributed by atoms with Crippen LogP contribution in [-0.2, 0) is 9.53 Å². The van der Waals surface area contributed by atoms with Crippen molar-refractivity contribution in [2.24, 2.45) is 0 Å². The Morgan fingerprint density at radius 2 is 1.00 bits per heavy atom. The van der Waals surface area contributed by atoms with Gasteiger partial charge in [0.1, 0.15) is 12.7 Å². The van der Waals surface area contributed by atoms with Gasteiger partial charge in [-0.1, -0.05) is 96.8 Å². The molecule has 0 amide bonds. The Hall–Kier alpha value is -4.01. The van der Waals surface area contributed by atoms with Crippen molar-refractivity contribution < 1.29 is 19.7 Å². The molecule has 5 heterocycles. The fourth-order valence-corrected chi connectivity index (χ4v) is 5.90. The summed E-state index contributed by atoms with van der Waals surface area (Å²) in [6.45, 7) is 1.79. The van der Waals surface area contributed by atoms with Crippen molar-refractivity contribution in [1.82, 2.24) is 19.9 Å². The molecule has 0 radical (unpaired) electrons. The second-order valence-electron chi connectivity index (χ2n) is 13.1. The first-order valence-electron chi connectivity index (χ1n) is 18.5. The van der Waals surface area contributed by atoms with E-state index in [4.69, 9.17) is 14.9 Å². The van der Waals surface area contributed by atoms with Crippen LogP contribution in [0.15, 0.2) is 48.5 Å². The number of esters is 1. The second kappa shape index (κ2) is 21.9. The first kappa shape index (κ1) is 37.8. The van der Waals surface area contributed by atoms with Gasteiger partial charge in [-0.2, -0.15) is 0 Å². The van der Waals surface area contributed by atoms with Crippen LogP contribution in [0.4, 0.5) is 0 Å². The average Bonchev–Trinajstić information content (AvgIpc) is 3.93. The fraction of sp³-hybridized carbons (Fsp3) is 0.488. The van der Waals surface area contributed by atoms with E-state index in [-0.39, 0.29) is 19.2 Å². The van der Waals surface area contributed by atoms with Gasteiger partial charge in [-0.3, -0.25) is 4.79 Å². The molecule has 0 saturated heterocycles. The van der Waals surface area contributed by atoms with E-state index in [1.54, 1.807) is 0 Å². The van der Waals surface area contributed by atoms with E-state index in [0.29, 0.717) is 6.42 Å². The number of unbranched alkanes of at least 4 members (excludes halogenated alkanes) is 14. The van der Waals surface area contributed by atoms with E-state index in [9.17, 15) is 4.79 Å². The summed E-state index contributed by atoms with van der Waals surface area (Å²) in [5.41, 5.74) is 7.86. The van der Waals surface area contributed by atoms with Crippen molar-refractivity contribution in [3.8, 4) is 0 Å². The number of H-pyrrole nitrogens is 2. The van der Waals surface area contributed by atoms with Gasteiger partial charge in [0.15, 0.2) is 0 Å². The summed E-state index contributed by atoms with van der Waals surface area (Å²) in [6.07, 6.45) is 27.1. The first-order valence-corrected chi connectivity index (χ1v) is 18.5. The number of aromatic nitrogens is 4. The molecule has 3 aromatic rings. The predicted octanol–water partition coefficient (Wildman–Crippen LogP) is 9.80. The van der Waals surface area contributed by atoms with Gasteiger partial charge in [0, 0.05) is 28.5 Å². The van der Waals surface area contributed by atoms with Gasteiger partial charge in [-0.25, -0.2) is 9.97 Å². The number of carbonyl (C=O) groups excluding carboxylic acids is 1. The molecule has 3 aromatic heterocycles. The number of nitrogens with zero attached hydrogens (tertiary/aromatic N) is 2. The minimum atomic E-state index is -0.954. The smallest absolute Gasteiger partial charge is 0.305 e. The van der Waals surface area contributed by atoms with Crippen molar-refractivity contribution in [1.29, 1.82) is 0 Å². The monoisotopic (exact) mass is 668 g/mol. The van der Waals surface area contributed by atoms with Crippen LogP contribution in [0.1, 0.15) is 132 Å². The van der Waals surface area contributed by atoms with Crippen molar-refractivity contribution in [3.63, 3.8) is 0 Å². The maximum Gasteiger partial charge on any atom is 0.305 e. The lowest BCUT2D eigenvalue weighted by atomic mass is 10.0. The van der Waals surface area contributed by atoms with Crippen LogP contribution < -0.4 is 0 Å². The van der Waals surface area contributed by atoms with Gasteiger partial charge in [-0.05, 0) is 79.3 Å². The number of aliphatic hydroxyl groups excluding tert-OH is 2. The molecular weight excluding hydrogens is 612 g/mol. The van der Waals surface area contributed by atoms with Crippen LogP contribution in [0.5, 0.6) is 0 Å². The third-order valence-corrected chi connectivity index (χ3v) is 8.67. The van der Waals surface area contributed by atoms with Gasteiger partial charge >= 0.3 is 5.97 Å². The van der Waals surface area contributed by atoms with E-state index in [2.05, 4.69) is 57.2 Å². The van der Waals surface area contributed by atoms with Crippen molar-refractivity contribution in [2.45, 2.75) is 116 Å². The molecule has 5 rings (SSSR count). The first-order chi connectivity index (χ1) is 24.0. The summed E-state index contributed by atoms with van der Waals surface area (Å²) in [4.78, 5) is 27.4. The SMILES string of the molecule is C1=Cc2cc3ccc(cc4ccc(cc5nc(cc1n2)C=C5)[nH]4)[nH]3.CCCCCCCCCCCCCCCCCC(=O)OCC(O)CO. The van der Waals surface area contributed by atoms with Crippen LogP contribution in [0, 0.1) is 0 Å². The minimum absolute atomic E-state index is 0.103.